The third kappa shape index (κ3) is 1.41. The highest BCUT2D eigenvalue weighted by atomic mass is 16.5. The Morgan fingerprint density at radius 1 is 1.56 bits per heavy atom. The average Bonchev–Trinajstić information content (AvgIpc) is 1.60. The fourth-order valence-electron chi connectivity index (χ4n) is 0.834. The zero-order valence-electron chi connectivity index (χ0n) is 5.45. The van der Waals surface area contributed by atoms with E-state index < -0.39 is 12.2 Å². The Hall–Kier alpha value is -0.120. The van der Waals surface area contributed by atoms with E-state index in [0.717, 1.165) is 6.42 Å². The van der Waals surface area contributed by atoms with Gasteiger partial charge in [-0.2, -0.15) is 0 Å². The first kappa shape index (κ1) is 6.99. The lowest BCUT2D eigenvalue weighted by atomic mass is 10.0. The summed E-state index contributed by atoms with van der Waals surface area (Å²) < 4.78 is 4.94. The Kier molecular flexibility index (Phi) is 2.05. The van der Waals surface area contributed by atoms with Crippen molar-refractivity contribution in [1.82, 2.24) is 0 Å². The maximum atomic E-state index is 9.07. The normalized spacial score (nSPS) is 33.0. The zero-order chi connectivity index (χ0) is 6.85. The van der Waals surface area contributed by atoms with E-state index in [1.165, 1.54) is 0 Å². The van der Waals surface area contributed by atoms with Crippen LogP contribution in [-0.2, 0) is 4.74 Å². The molecule has 1 fully saturated rings. The van der Waals surface area contributed by atoms with Crippen LogP contribution >= 0.6 is 0 Å². The molecule has 1 aliphatic heterocycles. The predicted octanol–water partition coefficient (Wildman–Crippen LogP) is -0.483. The highest BCUT2D eigenvalue weighted by molar-refractivity contribution is 4.78. The minimum Gasteiger partial charge on any atom is -0.391 e. The van der Waals surface area contributed by atoms with E-state index in [-0.39, 0.29) is 6.10 Å². The van der Waals surface area contributed by atoms with Crippen molar-refractivity contribution in [3.63, 3.8) is 0 Å². The first-order valence-corrected chi connectivity index (χ1v) is 3.19. The summed E-state index contributed by atoms with van der Waals surface area (Å²) in [7, 11) is 0. The van der Waals surface area contributed by atoms with E-state index in [2.05, 4.69) is 0 Å². The molecule has 0 aromatic carbocycles. The van der Waals surface area contributed by atoms with Crippen LogP contribution in [-0.4, -0.2) is 35.1 Å². The molecule has 0 aliphatic carbocycles. The molecule has 1 heterocycles. The molecule has 0 saturated carbocycles. The molecule has 54 valence electrons. The van der Waals surface area contributed by atoms with Crippen LogP contribution in [0.4, 0.5) is 0 Å². The topological polar surface area (TPSA) is 49.7 Å². The van der Waals surface area contributed by atoms with Crippen molar-refractivity contribution < 1.29 is 14.9 Å². The van der Waals surface area contributed by atoms with Gasteiger partial charge < -0.3 is 14.9 Å². The SMILES string of the molecule is CC(O)C(O)C1CCO1. The second kappa shape index (κ2) is 2.64. The van der Waals surface area contributed by atoms with Gasteiger partial charge in [0.25, 0.3) is 0 Å². The molecule has 3 unspecified atom stereocenters. The molecule has 3 atom stereocenters. The summed E-state index contributed by atoms with van der Waals surface area (Å²) in [6.45, 7) is 2.28. The van der Waals surface area contributed by atoms with Crippen molar-refractivity contribution in [1.29, 1.82) is 0 Å². The fourth-order valence-corrected chi connectivity index (χ4v) is 0.834. The highest BCUT2D eigenvalue weighted by Gasteiger charge is 2.29. The lowest BCUT2D eigenvalue weighted by Gasteiger charge is -2.32. The van der Waals surface area contributed by atoms with Crippen molar-refractivity contribution in [2.45, 2.75) is 31.7 Å². The van der Waals surface area contributed by atoms with E-state index in [0.29, 0.717) is 6.61 Å². The molecule has 3 heteroatoms. The maximum Gasteiger partial charge on any atom is 0.106 e. The van der Waals surface area contributed by atoms with Gasteiger partial charge in [-0.15, -0.1) is 0 Å². The van der Waals surface area contributed by atoms with Gasteiger partial charge in [0.15, 0.2) is 0 Å². The molecule has 0 bridgehead atoms. The van der Waals surface area contributed by atoms with Gasteiger partial charge >= 0.3 is 0 Å². The first-order chi connectivity index (χ1) is 4.22. The Labute approximate surface area is 54.3 Å². The molecule has 0 spiro atoms. The van der Waals surface area contributed by atoms with E-state index >= 15 is 0 Å². The fraction of sp³-hybridized carbons (Fsp3) is 1.00. The Balaban J connectivity index is 2.23. The van der Waals surface area contributed by atoms with Crippen LogP contribution in [0, 0.1) is 0 Å². The average molecular weight is 132 g/mol. The summed E-state index contributed by atoms with van der Waals surface area (Å²) in [5.41, 5.74) is 0. The van der Waals surface area contributed by atoms with E-state index in [9.17, 15) is 0 Å². The molecule has 0 aromatic heterocycles. The molecule has 3 nitrogen and oxygen atoms in total. The Morgan fingerprint density at radius 2 is 2.11 bits per heavy atom. The summed E-state index contributed by atoms with van der Waals surface area (Å²) >= 11 is 0. The Bertz CT molecular complexity index is 88.3. The highest BCUT2D eigenvalue weighted by Crippen LogP contribution is 2.16. The minimum absolute atomic E-state index is 0.120. The van der Waals surface area contributed by atoms with E-state index in [1.807, 2.05) is 0 Å². The summed E-state index contributed by atoms with van der Waals surface area (Å²) in [6.07, 6.45) is -0.620. The molecular formula is C6H12O3. The summed E-state index contributed by atoms with van der Waals surface area (Å²) in [6, 6.07) is 0. The standard InChI is InChI=1S/C6H12O3/c1-4(7)6(8)5-2-3-9-5/h4-8H,2-3H2,1H3. The monoisotopic (exact) mass is 132 g/mol. The van der Waals surface area contributed by atoms with Crippen LogP contribution in [0.25, 0.3) is 0 Å². The van der Waals surface area contributed by atoms with Crippen molar-refractivity contribution in [3.8, 4) is 0 Å². The molecule has 0 radical (unpaired) electrons. The number of hydrogen-bond donors (Lipinski definition) is 2. The van der Waals surface area contributed by atoms with Crippen molar-refractivity contribution in [2.75, 3.05) is 6.61 Å². The summed E-state index contributed by atoms with van der Waals surface area (Å²) in [5, 5.41) is 17.9. The number of aliphatic hydroxyl groups is 2. The molecule has 1 saturated heterocycles. The molecule has 9 heavy (non-hydrogen) atoms. The van der Waals surface area contributed by atoms with Gasteiger partial charge in [0.2, 0.25) is 0 Å². The number of hydrogen-bond acceptors (Lipinski definition) is 3. The molecule has 0 aromatic rings. The van der Waals surface area contributed by atoms with Gasteiger partial charge in [0, 0.05) is 6.61 Å². The van der Waals surface area contributed by atoms with Crippen LogP contribution in [0.2, 0.25) is 0 Å². The van der Waals surface area contributed by atoms with Crippen LogP contribution in [0.15, 0.2) is 0 Å². The maximum absolute atomic E-state index is 9.07. The number of rotatable bonds is 2. The molecular weight excluding hydrogens is 120 g/mol. The second-order valence-corrected chi connectivity index (χ2v) is 2.43. The Morgan fingerprint density at radius 3 is 2.22 bits per heavy atom. The molecule has 1 rings (SSSR count). The van der Waals surface area contributed by atoms with Gasteiger partial charge in [0.1, 0.15) is 6.10 Å². The van der Waals surface area contributed by atoms with Gasteiger partial charge in [-0.3, -0.25) is 0 Å². The largest absolute Gasteiger partial charge is 0.391 e. The lowest BCUT2D eigenvalue weighted by molar-refractivity contribution is -0.145. The van der Waals surface area contributed by atoms with Gasteiger partial charge in [-0.05, 0) is 13.3 Å². The molecule has 2 N–H and O–H groups in total. The number of ether oxygens (including phenoxy) is 1. The zero-order valence-corrected chi connectivity index (χ0v) is 5.45. The lowest BCUT2D eigenvalue weighted by Crippen LogP contribution is -2.44. The minimum atomic E-state index is -0.696. The van der Waals surface area contributed by atoms with Crippen LogP contribution < -0.4 is 0 Å². The van der Waals surface area contributed by atoms with Crippen LogP contribution in [0.1, 0.15) is 13.3 Å². The van der Waals surface area contributed by atoms with Crippen LogP contribution in [0.5, 0.6) is 0 Å². The van der Waals surface area contributed by atoms with E-state index in [4.69, 9.17) is 14.9 Å². The van der Waals surface area contributed by atoms with Crippen molar-refractivity contribution >= 4 is 0 Å². The summed E-state index contributed by atoms with van der Waals surface area (Å²) in [5.74, 6) is 0. The number of aliphatic hydroxyl groups excluding tert-OH is 2. The predicted molar refractivity (Wildman–Crippen MR) is 32.0 cm³/mol. The quantitative estimate of drug-likeness (QED) is 0.533. The van der Waals surface area contributed by atoms with Gasteiger partial charge in [-0.25, -0.2) is 0 Å². The van der Waals surface area contributed by atoms with Crippen molar-refractivity contribution in [3.05, 3.63) is 0 Å². The van der Waals surface area contributed by atoms with Gasteiger partial charge in [0.05, 0.1) is 12.2 Å². The molecule has 0 amide bonds. The summed E-state index contributed by atoms with van der Waals surface area (Å²) in [4.78, 5) is 0. The third-order valence-corrected chi connectivity index (χ3v) is 1.61. The second-order valence-electron chi connectivity index (χ2n) is 2.43. The van der Waals surface area contributed by atoms with Crippen molar-refractivity contribution in [2.24, 2.45) is 0 Å². The smallest absolute Gasteiger partial charge is 0.106 e. The van der Waals surface area contributed by atoms with E-state index in [1.54, 1.807) is 6.92 Å². The molecule has 1 aliphatic rings. The first-order valence-electron chi connectivity index (χ1n) is 3.19. The van der Waals surface area contributed by atoms with Gasteiger partial charge in [-0.1, -0.05) is 0 Å². The van der Waals surface area contributed by atoms with Crippen LogP contribution in [0.3, 0.4) is 0 Å². The third-order valence-electron chi connectivity index (χ3n) is 1.61.